The average molecular weight is 181 g/mol. The molecule has 5 heteroatoms. The third kappa shape index (κ3) is 5.17. The normalized spacial score (nSPS) is 16.5. The van der Waals surface area contributed by atoms with Crippen LogP contribution in [0.15, 0.2) is 0 Å². The highest BCUT2D eigenvalue weighted by molar-refractivity contribution is 7.83. The second-order valence-electron chi connectivity index (χ2n) is 3.68. The lowest BCUT2D eigenvalue weighted by molar-refractivity contribution is 0.308. The lowest BCUT2D eigenvalue weighted by atomic mass is 9.89. The Balaban J connectivity index is 4.21. The summed E-state index contributed by atoms with van der Waals surface area (Å²) < 4.78 is 31.2. The standard InChI is InChI=1S/C6H15NO3S/c1-5(6(2,3)4)7-11(8,9)10/h5,7H,1-4H3,(H,8,9,10). The molecule has 0 aliphatic carbocycles. The van der Waals surface area contributed by atoms with Crippen molar-refractivity contribution >= 4 is 10.3 Å². The smallest absolute Gasteiger partial charge is 0.273 e. The van der Waals surface area contributed by atoms with Gasteiger partial charge in [0.15, 0.2) is 0 Å². The Kier molecular flexibility index (Phi) is 3.05. The van der Waals surface area contributed by atoms with Gasteiger partial charge in [-0.3, -0.25) is 4.55 Å². The maximum Gasteiger partial charge on any atom is 0.333 e. The first-order valence-electron chi connectivity index (χ1n) is 3.37. The fourth-order valence-electron chi connectivity index (χ4n) is 0.400. The summed E-state index contributed by atoms with van der Waals surface area (Å²) in [6, 6.07) is -0.280. The molecule has 11 heavy (non-hydrogen) atoms. The van der Waals surface area contributed by atoms with Crippen LogP contribution < -0.4 is 4.72 Å². The van der Waals surface area contributed by atoms with Gasteiger partial charge in [-0.25, -0.2) is 0 Å². The van der Waals surface area contributed by atoms with Gasteiger partial charge >= 0.3 is 10.3 Å². The molecule has 0 aliphatic rings. The summed E-state index contributed by atoms with van der Waals surface area (Å²) in [5, 5.41) is 0. The Morgan fingerprint density at radius 1 is 1.36 bits per heavy atom. The molecule has 0 fully saturated rings. The van der Waals surface area contributed by atoms with E-state index in [4.69, 9.17) is 4.55 Å². The van der Waals surface area contributed by atoms with E-state index in [-0.39, 0.29) is 11.5 Å². The van der Waals surface area contributed by atoms with E-state index in [0.29, 0.717) is 0 Å². The van der Waals surface area contributed by atoms with Crippen LogP contribution in [0.4, 0.5) is 0 Å². The van der Waals surface area contributed by atoms with E-state index < -0.39 is 10.3 Å². The molecule has 68 valence electrons. The predicted molar refractivity (Wildman–Crippen MR) is 43.6 cm³/mol. The van der Waals surface area contributed by atoms with Crippen molar-refractivity contribution in [3.05, 3.63) is 0 Å². The minimum atomic E-state index is -4.06. The van der Waals surface area contributed by atoms with Gasteiger partial charge in [0.1, 0.15) is 0 Å². The quantitative estimate of drug-likeness (QED) is 0.620. The summed E-state index contributed by atoms with van der Waals surface area (Å²) in [7, 11) is -4.06. The van der Waals surface area contributed by atoms with E-state index in [9.17, 15) is 8.42 Å². The molecule has 0 radical (unpaired) electrons. The summed E-state index contributed by atoms with van der Waals surface area (Å²) in [6.07, 6.45) is 0. The molecule has 0 rings (SSSR count). The van der Waals surface area contributed by atoms with Gasteiger partial charge in [0.2, 0.25) is 0 Å². The van der Waals surface area contributed by atoms with E-state index in [1.165, 1.54) is 0 Å². The van der Waals surface area contributed by atoms with Crippen molar-refractivity contribution in [1.82, 2.24) is 4.72 Å². The molecule has 0 saturated heterocycles. The third-order valence-electron chi connectivity index (χ3n) is 1.62. The maximum atomic E-state index is 10.3. The van der Waals surface area contributed by atoms with E-state index in [1.807, 2.05) is 20.8 Å². The Morgan fingerprint density at radius 3 is 1.82 bits per heavy atom. The third-order valence-corrected chi connectivity index (χ3v) is 2.28. The van der Waals surface area contributed by atoms with Crippen LogP contribution in [0, 0.1) is 5.41 Å². The van der Waals surface area contributed by atoms with Gasteiger partial charge in [-0.05, 0) is 12.3 Å². The zero-order valence-corrected chi connectivity index (χ0v) is 8.07. The minimum Gasteiger partial charge on any atom is -0.273 e. The highest BCUT2D eigenvalue weighted by atomic mass is 32.2. The molecule has 0 aliphatic heterocycles. The maximum absolute atomic E-state index is 10.3. The molecule has 0 aromatic rings. The molecular weight excluding hydrogens is 166 g/mol. The molecule has 2 N–H and O–H groups in total. The molecule has 0 aromatic heterocycles. The first-order chi connectivity index (χ1) is 4.63. The van der Waals surface area contributed by atoms with E-state index in [0.717, 1.165) is 0 Å². The molecule has 0 saturated carbocycles. The lowest BCUT2D eigenvalue weighted by Gasteiger charge is -2.26. The second-order valence-corrected chi connectivity index (χ2v) is 4.87. The molecule has 1 atom stereocenters. The molecule has 1 unspecified atom stereocenters. The van der Waals surface area contributed by atoms with Crippen LogP contribution in [0.2, 0.25) is 0 Å². The Labute approximate surface area is 67.9 Å². The summed E-state index contributed by atoms with van der Waals surface area (Å²) in [6.45, 7) is 7.36. The van der Waals surface area contributed by atoms with Crippen molar-refractivity contribution in [3.8, 4) is 0 Å². The summed E-state index contributed by atoms with van der Waals surface area (Å²) in [4.78, 5) is 0. The van der Waals surface area contributed by atoms with Gasteiger partial charge in [-0.1, -0.05) is 20.8 Å². The molecular formula is C6H15NO3S. The summed E-state index contributed by atoms with van der Waals surface area (Å²) in [5.74, 6) is 0. The Morgan fingerprint density at radius 2 is 1.73 bits per heavy atom. The molecule has 0 heterocycles. The van der Waals surface area contributed by atoms with E-state index >= 15 is 0 Å². The van der Waals surface area contributed by atoms with Gasteiger partial charge in [0, 0.05) is 6.04 Å². The summed E-state index contributed by atoms with van der Waals surface area (Å²) >= 11 is 0. The minimum absolute atomic E-state index is 0.185. The van der Waals surface area contributed by atoms with Gasteiger partial charge in [0.05, 0.1) is 0 Å². The number of rotatable bonds is 2. The fraction of sp³-hybridized carbons (Fsp3) is 1.00. The fourth-order valence-corrected chi connectivity index (χ4v) is 1.20. The predicted octanol–water partition coefficient (Wildman–Crippen LogP) is 0.813. The van der Waals surface area contributed by atoms with Crippen LogP contribution in [0.25, 0.3) is 0 Å². The van der Waals surface area contributed by atoms with Crippen LogP contribution in [0.3, 0.4) is 0 Å². The largest absolute Gasteiger partial charge is 0.333 e. The molecule has 0 aromatic carbocycles. The number of hydrogen-bond donors (Lipinski definition) is 2. The first-order valence-corrected chi connectivity index (χ1v) is 4.81. The Bertz CT molecular complexity index is 214. The number of hydrogen-bond acceptors (Lipinski definition) is 2. The molecule has 0 bridgehead atoms. The summed E-state index contributed by atoms with van der Waals surface area (Å²) in [5.41, 5.74) is -0.185. The molecule has 0 spiro atoms. The second kappa shape index (κ2) is 3.08. The van der Waals surface area contributed by atoms with Crippen LogP contribution in [0.5, 0.6) is 0 Å². The van der Waals surface area contributed by atoms with Gasteiger partial charge in [-0.2, -0.15) is 13.1 Å². The zero-order chi connectivity index (χ0) is 9.28. The van der Waals surface area contributed by atoms with E-state index in [1.54, 1.807) is 6.92 Å². The van der Waals surface area contributed by atoms with Crippen molar-refractivity contribution in [3.63, 3.8) is 0 Å². The van der Waals surface area contributed by atoms with Gasteiger partial charge in [0.25, 0.3) is 0 Å². The van der Waals surface area contributed by atoms with Crippen LogP contribution in [-0.4, -0.2) is 19.0 Å². The lowest BCUT2D eigenvalue weighted by Crippen LogP contribution is -2.40. The van der Waals surface area contributed by atoms with E-state index in [2.05, 4.69) is 4.72 Å². The molecule has 0 amide bonds. The van der Waals surface area contributed by atoms with Crippen molar-refractivity contribution in [2.45, 2.75) is 33.7 Å². The highest BCUT2D eigenvalue weighted by Gasteiger charge is 2.23. The molecule has 4 nitrogen and oxygen atoms in total. The van der Waals surface area contributed by atoms with Gasteiger partial charge < -0.3 is 0 Å². The SMILES string of the molecule is CC(NS(=O)(=O)O)C(C)(C)C. The highest BCUT2D eigenvalue weighted by Crippen LogP contribution is 2.18. The van der Waals surface area contributed by atoms with Crippen molar-refractivity contribution in [2.24, 2.45) is 5.41 Å². The monoisotopic (exact) mass is 181 g/mol. The van der Waals surface area contributed by atoms with Crippen molar-refractivity contribution in [2.75, 3.05) is 0 Å². The van der Waals surface area contributed by atoms with Crippen LogP contribution in [0.1, 0.15) is 27.7 Å². The topological polar surface area (TPSA) is 66.4 Å². The number of nitrogens with one attached hydrogen (secondary N) is 1. The van der Waals surface area contributed by atoms with Crippen molar-refractivity contribution < 1.29 is 13.0 Å². The van der Waals surface area contributed by atoms with Crippen LogP contribution in [-0.2, 0) is 10.3 Å². The zero-order valence-electron chi connectivity index (χ0n) is 7.25. The first kappa shape index (κ1) is 10.9. The Hall–Kier alpha value is -0.130. The van der Waals surface area contributed by atoms with Gasteiger partial charge in [-0.15, -0.1) is 0 Å². The average Bonchev–Trinajstić information content (AvgIpc) is 1.56. The van der Waals surface area contributed by atoms with Crippen LogP contribution >= 0.6 is 0 Å². The van der Waals surface area contributed by atoms with Crippen molar-refractivity contribution in [1.29, 1.82) is 0 Å².